The van der Waals surface area contributed by atoms with Crippen molar-refractivity contribution in [1.29, 1.82) is 0 Å². The van der Waals surface area contributed by atoms with Gasteiger partial charge in [0.2, 0.25) is 5.91 Å². The maximum atomic E-state index is 12.9. The average molecular weight is 428 g/mol. The van der Waals surface area contributed by atoms with Gasteiger partial charge in [0.05, 0.1) is 18.8 Å². The Morgan fingerprint density at radius 1 is 1.16 bits per heavy atom. The van der Waals surface area contributed by atoms with Gasteiger partial charge in [0.25, 0.3) is 5.91 Å². The van der Waals surface area contributed by atoms with Crippen LogP contribution in [0.2, 0.25) is 0 Å². The molecule has 10 nitrogen and oxygen atoms in total. The Labute approximate surface area is 180 Å². The molecule has 4 rings (SSSR count). The zero-order valence-electron chi connectivity index (χ0n) is 18.1. The van der Waals surface area contributed by atoms with Crippen molar-refractivity contribution in [3.63, 3.8) is 0 Å². The van der Waals surface area contributed by atoms with E-state index in [1.165, 1.54) is 4.57 Å². The second-order valence-electron chi connectivity index (χ2n) is 8.57. The van der Waals surface area contributed by atoms with Gasteiger partial charge in [-0.3, -0.25) is 14.2 Å². The Kier molecular flexibility index (Phi) is 6.15. The van der Waals surface area contributed by atoms with Crippen molar-refractivity contribution in [2.75, 3.05) is 6.54 Å². The lowest BCUT2D eigenvalue weighted by atomic mass is 10.2. The van der Waals surface area contributed by atoms with Crippen LogP contribution < -0.4 is 11.0 Å². The van der Waals surface area contributed by atoms with E-state index in [-0.39, 0.29) is 30.4 Å². The highest BCUT2D eigenvalue weighted by Crippen LogP contribution is 2.20. The summed E-state index contributed by atoms with van der Waals surface area (Å²) in [6.07, 6.45) is 7.69. The normalized spacial score (nSPS) is 19.2. The summed E-state index contributed by atoms with van der Waals surface area (Å²) < 4.78 is 3.04. The first-order valence-corrected chi connectivity index (χ1v) is 11.0. The lowest BCUT2D eigenvalue weighted by Gasteiger charge is -2.25. The molecule has 2 aliphatic rings. The summed E-state index contributed by atoms with van der Waals surface area (Å²) >= 11 is 0. The first kappa shape index (κ1) is 21.2. The van der Waals surface area contributed by atoms with Gasteiger partial charge in [0.15, 0.2) is 5.69 Å². The minimum absolute atomic E-state index is 0.0269. The average Bonchev–Trinajstić information content (AvgIpc) is 3.47. The molecule has 0 bridgehead atoms. The molecule has 0 spiro atoms. The number of carbonyl (C=O) groups excluding carboxylic acids is 2. The number of aromatic nitrogens is 5. The summed E-state index contributed by atoms with van der Waals surface area (Å²) in [5.74, 6) is -0.308. The van der Waals surface area contributed by atoms with Crippen molar-refractivity contribution >= 4 is 11.8 Å². The molecule has 2 amide bonds. The zero-order valence-corrected chi connectivity index (χ0v) is 18.1. The number of likely N-dealkylation sites (tertiary alicyclic amines) is 1. The molecule has 1 saturated heterocycles. The van der Waals surface area contributed by atoms with E-state index in [4.69, 9.17) is 0 Å². The van der Waals surface area contributed by atoms with Gasteiger partial charge >= 0.3 is 5.69 Å². The maximum Gasteiger partial charge on any atom is 0.348 e. The third kappa shape index (κ3) is 4.83. The maximum absolute atomic E-state index is 12.9. The highest BCUT2D eigenvalue weighted by Gasteiger charge is 2.30. The number of nitrogens with zero attached hydrogens (tertiary/aromatic N) is 6. The van der Waals surface area contributed by atoms with Gasteiger partial charge in [-0.15, -0.1) is 5.10 Å². The van der Waals surface area contributed by atoms with Crippen LogP contribution in [0.4, 0.5) is 0 Å². The molecule has 1 aliphatic carbocycles. The molecule has 0 radical (unpaired) electrons. The first-order valence-electron chi connectivity index (χ1n) is 11.0. The van der Waals surface area contributed by atoms with Crippen molar-refractivity contribution in [3.8, 4) is 0 Å². The van der Waals surface area contributed by atoms with Gasteiger partial charge in [-0.25, -0.2) is 9.48 Å². The van der Waals surface area contributed by atoms with Gasteiger partial charge in [0.1, 0.15) is 6.54 Å². The van der Waals surface area contributed by atoms with Crippen LogP contribution in [0.25, 0.3) is 0 Å². The molecular weight excluding hydrogens is 398 g/mol. The van der Waals surface area contributed by atoms with Gasteiger partial charge in [-0.05, 0) is 45.6 Å². The second kappa shape index (κ2) is 8.99. The first-order chi connectivity index (χ1) is 14.9. The molecule has 2 fully saturated rings. The van der Waals surface area contributed by atoms with Crippen LogP contribution in [0, 0.1) is 13.8 Å². The van der Waals surface area contributed by atoms with Crippen molar-refractivity contribution in [3.05, 3.63) is 39.8 Å². The molecule has 1 saturated carbocycles. The lowest BCUT2D eigenvalue weighted by Crippen LogP contribution is -2.42. The molecule has 2 aromatic heterocycles. The Balaban J connectivity index is 1.39. The standard InChI is InChI=1S/C21H29N7O3/c1-14-10-15(2)28(21(31)22-14)13-19(29)27-9-5-8-17(27)11-26-12-18(24-25-26)20(30)23-16-6-3-4-7-16/h10,12,16-17H,3-9,11,13H2,1-2H3,(H,23,30)/t17-/m0/s1. The Bertz CT molecular complexity index is 1020. The van der Waals surface area contributed by atoms with Crippen molar-refractivity contribution in [2.24, 2.45) is 0 Å². The molecule has 31 heavy (non-hydrogen) atoms. The van der Waals surface area contributed by atoms with E-state index >= 15 is 0 Å². The monoisotopic (exact) mass is 427 g/mol. The third-order valence-corrected chi connectivity index (χ3v) is 6.20. The van der Waals surface area contributed by atoms with Gasteiger partial charge in [-0.1, -0.05) is 18.1 Å². The highest BCUT2D eigenvalue weighted by atomic mass is 16.2. The smallest absolute Gasteiger partial charge is 0.348 e. The Morgan fingerprint density at radius 2 is 1.94 bits per heavy atom. The van der Waals surface area contributed by atoms with Crippen molar-refractivity contribution < 1.29 is 9.59 Å². The minimum atomic E-state index is -0.407. The molecule has 0 aromatic carbocycles. The molecule has 2 aromatic rings. The van der Waals surface area contributed by atoms with Gasteiger partial charge < -0.3 is 10.2 Å². The fourth-order valence-electron chi connectivity index (χ4n) is 4.58. The molecule has 166 valence electrons. The van der Waals surface area contributed by atoms with Crippen LogP contribution in [0.5, 0.6) is 0 Å². The number of hydrogen-bond acceptors (Lipinski definition) is 6. The number of aryl methyl sites for hydroxylation is 2. The molecule has 10 heteroatoms. The number of nitrogens with one attached hydrogen (secondary N) is 1. The van der Waals surface area contributed by atoms with Crippen LogP contribution in [0.15, 0.2) is 17.1 Å². The predicted molar refractivity (Wildman–Crippen MR) is 112 cm³/mol. The molecule has 1 atom stereocenters. The Morgan fingerprint density at radius 3 is 2.68 bits per heavy atom. The largest absolute Gasteiger partial charge is 0.348 e. The SMILES string of the molecule is Cc1cc(C)n(CC(=O)N2CCC[C@H]2Cn2cc(C(=O)NC3CCCC3)nn2)c(=O)n1. The lowest BCUT2D eigenvalue weighted by molar-refractivity contribution is -0.133. The number of rotatable bonds is 6. The van der Waals surface area contributed by atoms with Crippen LogP contribution in [0.1, 0.15) is 60.4 Å². The minimum Gasteiger partial charge on any atom is -0.348 e. The van der Waals surface area contributed by atoms with E-state index in [0.717, 1.165) is 44.2 Å². The number of amides is 2. The van der Waals surface area contributed by atoms with Gasteiger partial charge in [0, 0.05) is 24.0 Å². The predicted octanol–water partition coefficient (Wildman–Crippen LogP) is 0.815. The van der Waals surface area contributed by atoms with E-state index in [0.29, 0.717) is 24.5 Å². The molecule has 0 unspecified atom stereocenters. The van der Waals surface area contributed by atoms with Crippen LogP contribution >= 0.6 is 0 Å². The molecule has 3 heterocycles. The van der Waals surface area contributed by atoms with E-state index < -0.39 is 5.69 Å². The van der Waals surface area contributed by atoms with E-state index in [9.17, 15) is 14.4 Å². The third-order valence-electron chi connectivity index (χ3n) is 6.20. The van der Waals surface area contributed by atoms with E-state index in [1.54, 1.807) is 35.7 Å². The van der Waals surface area contributed by atoms with Crippen LogP contribution in [0.3, 0.4) is 0 Å². The molecular formula is C21H29N7O3. The summed E-state index contributed by atoms with van der Waals surface area (Å²) in [5.41, 5.74) is 1.26. The summed E-state index contributed by atoms with van der Waals surface area (Å²) in [6.45, 7) is 4.65. The topological polar surface area (TPSA) is 115 Å². The van der Waals surface area contributed by atoms with E-state index in [2.05, 4.69) is 20.6 Å². The summed E-state index contributed by atoms with van der Waals surface area (Å²) in [4.78, 5) is 43.3. The summed E-state index contributed by atoms with van der Waals surface area (Å²) in [7, 11) is 0. The second-order valence-corrected chi connectivity index (χ2v) is 8.57. The van der Waals surface area contributed by atoms with Gasteiger partial charge in [-0.2, -0.15) is 4.98 Å². The van der Waals surface area contributed by atoms with Crippen molar-refractivity contribution in [1.82, 2.24) is 34.8 Å². The summed E-state index contributed by atoms with van der Waals surface area (Å²) in [6, 6.07) is 1.97. The van der Waals surface area contributed by atoms with Crippen molar-refractivity contribution in [2.45, 2.75) is 77.5 Å². The van der Waals surface area contributed by atoms with Crippen LogP contribution in [-0.2, 0) is 17.9 Å². The number of carbonyl (C=O) groups is 2. The highest BCUT2D eigenvalue weighted by molar-refractivity contribution is 5.92. The Hall–Kier alpha value is -3.04. The van der Waals surface area contributed by atoms with E-state index in [1.807, 2.05) is 0 Å². The number of hydrogen-bond donors (Lipinski definition) is 1. The molecule has 1 N–H and O–H groups in total. The summed E-state index contributed by atoms with van der Waals surface area (Å²) in [5, 5.41) is 11.1. The quantitative estimate of drug-likeness (QED) is 0.730. The molecule has 1 aliphatic heterocycles. The zero-order chi connectivity index (χ0) is 22.0. The fraction of sp³-hybridized carbons (Fsp3) is 0.619. The van der Waals surface area contributed by atoms with Crippen LogP contribution in [-0.4, -0.2) is 59.9 Å². The fourth-order valence-corrected chi connectivity index (χ4v) is 4.58.